The zero-order valence-corrected chi connectivity index (χ0v) is 12.3. The number of non-ortho nitro benzene ring substituents is 1. The molecule has 7 nitrogen and oxygen atoms in total. The van der Waals surface area contributed by atoms with Crippen molar-refractivity contribution in [3.8, 4) is 27.9 Å². The van der Waals surface area contributed by atoms with Gasteiger partial charge in [0.25, 0.3) is 11.2 Å². The highest BCUT2D eigenvalue weighted by Crippen LogP contribution is 2.28. The van der Waals surface area contributed by atoms with Crippen LogP contribution in [0.4, 0.5) is 5.69 Å². The largest absolute Gasteiger partial charge is 0.319 e. The number of nitro benzene ring substituents is 1. The number of nitriles is 1. The minimum Gasteiger partial charge on any atom is -0.319 e. The highest BCUT2D eigenvalue weighted by atomic mass is 32.1. The van der Waals surface area contributed by atoms with Crippen LogP contribution in [0.2, 0.25) is 0 Å². The Bertz CT molecular complexity index is 969. The predicted molar refractivity (Wildman–Crippen MR) is 85.0 cm³/mol. The molecule has 0 aliphatic heterocycles. The molecule has 0 unspecified atom stereocenters. The summed E-state index contributed by atoms with van der Waals surface area (Å²) in [6.07, 6.45) is 1.61. The summed E-state index contributed by atoms with van der Waals surface area (Å²) < 4.78 is 0. The average molecular weight is 324 g/mol. The number of aromatic nitrogens is 2. The number of pyridine rings is 1. The van der Waals surface area contributed by atoms with Crippen molar-refractivity contribution in [1.82, 2.24) is 9.97 Å². The van der Waals surface area contributed by atoms with Gasteiger partial charge in [-0.1, -0.05) is 0 Å². The van der Waals surface area contributed by atoms with E-state index in [4.69, 9.17) is 0 Å². The summed E-state index contributed by atoms with van der Waals surface area (Å²) in [7, 11) is 0. The van der Waals surface area contributed by atoms with Gasteiger partial charge in [-0.3, -0.25) is 14.9 Å². The third kappa shape index (κ3) is 2.73. The summed E-state index contributed by atoms with van der Waals surface area (Å²) in [5.74, 6) is 0. The van der Waals surface area contributed by atoms with E-state index < -0.39 is 10.5 Å². The predicted octanol–water partition coefficient (Wildman–Crippen LogP) is 2.95. The van der Waals surface area contributed by atoms with Gasteiger partial charge in [0.1, 0.15) is 16.6 Å². The molecular weight excluding hydrogens is 316 g/mol. The number of nitro groups is 1. The molecule has 0 saturated heterocycles. The van der Waals surface area contributed by atoms with E-state index in [0.717, 1.165) is 0 Å². The van der Waals surface area contributed by atoms with Crippen molar-refractivity contribution >= 4 is 17.0 Å². The average Bonchev–Trinajstić information content (AvgIpc) is 3.08. The molecule has 23 heavy (non-hydrogen) atoms. The molecule has 8 heteroatoms. The number of nitrogens with one attached hydrogen (secondary N) is 1. The molecule has 1 N–H and O–H groups in total. The van der Waals surface area contributed by atoms with Crippen molar-refractivity contribution in [1.29, 1.82) is 5.26 Å². The van der Waals surface area contributed by atoms with Gasteiger partial charge in [0.15, 0.2) is 0 Å². The summed E-state index contributed by atoms with van der Waals surface area (Å²) in [6, 6.07) is 9.23. The van der Waals surface area contributed by atoms with E-state index in [1.54, 1.807) is 17.6 Å². The molecule has 3 rings (SSSR count). The summed E-state index contributed by atoms with van der Waals surface area (Å²) in [4.78, 5) is 29.1. The van der Waals surface area contributed by atoms with E-state index in [1.165, 1.54) is 35.6 Å². The van der Waals surface area contributed by atoms with Gasteiger partial charge in [0.2, 0.25) is 0 Å². The highest BCUT2D eigenvalue weighted by Gasteiger charge is 2.14. The van der Waals surface area contributed by atoms with Crippen molar-refractivity contribution in [2.24, 2.45) is 0 Å². The van der Waals surface area contributed by atoms with Crippen molar-refractivity contribution < 1.29 is 4.92 Å². The fourth-order valence-corrected chi connectivity index (χ4v) is 2.74. The minimum atomic E-state index is -0.520. The molecule has 0 radical (unpaired) electrons. The Labute approximate surface area is 133 Å². The molecule has 2 heterocycles. The van der Waals surface area contributed by atoms with Gasteiger partial charge in [-0.05, 0) is 23.8 Å². The van der Waals surface area contributed by atoms with Gasteiger partial charge >= 0.3 is 0 Å². The van der Waals surface area contributed by atoms with Crippen LogP contribution in [0.25, 0.3) is 21.8 Å². The van der Waals surface area contributed by atoms with Gasteiger partial charge in [-0.25, -0.2) is 4.98 Å². The molecule has 0 saturated carbocycles. The molecule has 3 aromatic rings. The molecule has 0 fully saturated rings. The molecule has 0 aliphatic carbocycles. The highest BCUT2D eigenvalue weighted by molar-refractivity contribution is 7.13. The van der Waals surface area contributed by atoms with Gasteiger partial charge in [-0.2, -0.15) is 5.26 Å². The molecule has 2 aromatic heterocycles. The summed E-state index contributed by atoms with van der Waals surface area (Å²) in [6.45, 7) is 0. The number of H-pyrrole nitrogens is 1. The van der Waals surface area contributed by atoms with Crippen LogP contribution in [0.15, 0.2) is 46.7 Å². The minimum absolute atomic E-state index is 0.0424. The van der Waals surface area contributed by atoms with Crippen molar-refractivity contribution in [2.75, 3.05) is 0 Å². The number of rotatable bonds is 3. The van der Waals surface area contributed by atoms with E-state index in [-0.39, 0.29) is 11.3 Å². The first kappa shape index (κ1) is 14.6. The van der Waals surface area contributed by atoms with Crippen molar-refractivity contribution in [3.05, 3.63) is 67.9 Å². The fourth-order valence-electron chi connectivity index (χ4n) is 2.13. The first-order valence-corrected chi connectivity index (χ1v) is 7.30. The van der Waals surface area contributed by atoms with Crippen molar-refractivity contribution in [3.63, 3.8) is 0 Å². The topological polar surface area (TPSA) is 113 Å². The summed E-state index contributed by atoms with van der Waals surface area (Å²) in [5, 5.41) is 22.4. The van der Waals surface area contributed by atoms with Crippen LogP contribution in [0, 0.1) is 21.4 Å². The van der Waals surface area contributed by atoms with Crippen LogP contribution < -0.4 is 5.56 Å². The van der Waals surface area contributed by atoms with Crippen molar-refractivity contribution in [2.45, 2.75) is 0 Å². The zero-order valence-electron chi connectivity index (χ0n) is 11.5. The number of hydrogen-bond donors (Lipinski definition) is 1. The zero-order chi connectivity index (χ0) is 16.4. The Morgan fingerprint density at radius 2 is 2.04 bits per heavy atom. The first-order chi connectivity index (χ1) is 11.1. The SMILES string of the molecule is N#Cc1c(-c2ccc([N+](=O)[O-])cc2)cc(-c2nccs2)[nH]c1=O. The number of benzene rings is 1. The molecular formula is C15H8N4O3S. The molecule has 0 amide bonds. The van der Waals surface area contributed by atoms with E-state index >= 15 is 0 Å². The smallest absolute Gasteiger partial charge is 0.269 e. The maximum atomic E-state index is 12.1. The fraction of sp³-hybridized carbons (Fsp3) is 0. The Balaban J connectivity index is 2.19. The number of thiazole rings is 1. The lowest BCUT2D eigenvalue weighted by molar-refractivity contribution is -0.384. The Hall–Kier alpha value is -3.31. The Morgan fingerprint density at radius 1 is 1.30 bits per heavy atom. The maximum absolute atomic E-state index is 12.1. The second kappa shape index (κ2) is 5.82. The Kier molecular flexibility index (Phi) is 3.70. The van der Waals surface area contributed by atoms with Gasteiger partial charge in [-0.15, -0.1) is 11.3 Å². The summed E-state index contributed by atoms with van der Waals surface area (Å²) >= 11 is 1.35. The standard InChI is InChI=1S/C15H8N4O3S/c16-8-12-11(9-1-3-10(4-2-9)19(21)22)7-13(18-14(12)20)15-17-5-6-23-15/h1-7H,(H,18,20). The van der Waals surface area contributed by atoms with E-state index in [2.05, 4.69) is 9.97 Å². The molecule has 0 spiro atoms. The monoisotopic (exact) mass is 324 g/mol. The van der Waals surface area contributed by atoms with Gasteiger partial charge in [0.05, 0.1) is 10.6 Å². The van der Waals surface area contributed by atoms with Crippen LogP contribution >= 0.6 is 11.3 Å². The number of aromatic amines is 1. The molecule has 112 valence electrons. The van der Waals surface area contributed by atoms with Gasteiger partial charge < -0.3 is 4.98 Å². The van der Waals surface area contributed by atoms with Crippen LogP contribution in [0.1, 0.15) is 5.56 Å². The summed E-state index contributed by atoms with van der Waals surface area (Å²) in [5.41, 5.74) is 0.842. The van der Waals surface area contributed by atoms with Crippen LogP contribution in [0.3, 0.4) is 0 Å². The van der Waals surface area contributed by atoms with E-state index in [1.807, 2.05) is 6.07 Å². The van der Waals surface area contributed by atoms with Crippen LogP contribution in [-0.2, 0) is 0 Å². The molecule has 1 aromatic carbocycles. The van der Waals surface area contributed by atoms with Gasteiger partial charge in [0, 0.05) is 29.3 Å². The third-order valence-corrected chi connectivity index (χ3v) is 4.00. The maximum Gasteiger partial charge on any atom is 0.269 e. The third-order valence-electron chi connectivity index (χ3n) is 3.20. The second-order valence-electron chi connectivity index (χ2n) is 4.55. The lowest BCUT2D eigenvalue weighted by atomic mass is 10.0. The number of nitrogens with zero attached hydrogens (tertiary/aromatic N) is 3. The quantitative estimate of drug-likeness (QED) is 0.588. The van der Waals surface area contributed by atoms with Crippen LogP contribution in [0.5, 0.6) is 0 Å². The first-order valence-electron chi connectivity index (χ1n) is 6.42. The normalized spacial score (nSPS) is 10.2. The van der Waals surface area contributed by atoms with E-state index in [9.17, 15) is 20.2 Å². The molecule has 0 aliphatic rings. The molecule has 0 bridgehead atoms. The van der Waals surface area contributed by atoms with E-state index in [0.29, 0.717) is 21.8 Å². The molecule has 0 atom stereocenters. The second-order valence-corrected chi connectivity index (χ2v) is 5.45. The Morgan fingerprint density at radius 3 is 2.61 bits per heavy atom. The lowest BCUT2D eigenvalue weighted by Gasteiger charge is -2.06. The van der Waals surface area contributed by atoms with Crippen LogP contribution in [-0.4, -0.2) is 14.9 Å². The number of hydrogen-bond acceptors (Lipinski definition) is 6. The lowest BCUT2D eigenvalue weighted by Crippen LogP contribution is -2.12.